The molecule has 3 amide bonds. The smallest absolute Gasteiger partial charge is 0.408 e. The zero-order chi connectivity index (χ0) is 24.8. The van der Waals surface area contributed by atoms with Crippen molar-refractivity contribution in [2.24, 2.45) is 17.8 Å². The number of likely N-dealkylation sites (tertiary alicyclic amines) is 1. The number of hydrogen-bond acceptors (Lipinski definition) is 5. The summed E-state index contributed by atoms with van der Waals surface area (Å²) >= 11 is 0. The first-order chi connectivity index (χ1) is 15.4. The molecule has 1 aliphatic carbocycles. The van der Waals surface area contributed by atoms with Crippen molar-refractivity contribution in [1.82, 2.24) is 15.5 Å². The monoisotopic (exact) mass is 467 g/mol. The molecule has 188 valence electrons. The zero-order valence-corrected chi connectivity index (χ0v) is 20.7. The van der Waals surface area contributed by atoms with Crippen LogP contribution in [0.25, 0.3) is 0 Å². The van der Waals surface area contributed by atoms with Gasteiger partial charge in [-0.3, -0.25) is 9.59 Å². The van der Waals surface area contributed by atoms with E-state index in [1.54, 1.807) is 20.8 Å². The van der Waals surface area contributed by atoms with Crippen LogP contribution in [0.4, 0.5) is 4.79 Å². The number of hydrogen-bond donors (Lipinski definition) is 3. The summed E-state index contributed by atoms with van der Waals surface area (Å²) in [5.74, 6) is -1.12. The minimum Gasteiger partial charge on any atom is -0.480 e. The molecule has 1 unspecified atom stereocenters. The molecule has 0 bridgehead atoms. The van der Waals surface area contributed by atoms with E-state index in [1.807, 2.05) is 13.8 Å². The Morgan fingerprint density at radius 2 is 1.73 bits per heavy atom. The lowest BCUT2D eigenvalue weighted by Crippen LogP contribution is -2.52. The Balaban J connectivity index is 1.83. The highest BCUT2D eigenvalue weighted by atomic mass is 16.6. The summed E-state index contributed by atoms with van der Waals surface area (Å²) in [6, 6.07) is -1.37. The van der Waals surface area contributed by atoms with Gasteiger partial charge in [-0.05, 0) is 71.1 Å². The Labute approximate surface area is 197 Å². The molecule has 3 N–H and O–H groups in total. The number of carbonyl (C=O) groups excluding carboxylic acids is 3. The van der Waals surface area contributed by atoms with Crippen LogP contribution < -0.4 is 10.6 Å². The van der Waals surface area contributed by atoms with Crippen LogP contribution in [0, 0.1) is 17.8 Å². The van der Waals surface area contributed by atoms with Crippen LogP contribution in [0.1, 0.15) is 79.6 Å². The molecular formula is C24H41N3O6. The molecule has 9 nitrogen and oxygen atoms in total. The predicted octanol–water partition coefficient (Wildman–Crippen LogP) is 2.92. The van der Waals surface area contributed by atoms with Crippen molar-refractivity contribution in [3.05, 3.63) is 0 Å². The number of aliphatic carboxylic acids is 1. The number of rotatable bonds is 8. The normalized spacial score (nSPS) is 25.1. The standard InChI is InChI=1S/C24H41N3O6/c1-6-15(2)19(26-23(32)33-24(3,4)5)20(28)25-14-16-9-11-17(12-10-16)21(29)27-13-7-8-18(27)22(30)31/h15-19H,6-14H2,1-5H3,(H,25,28)(H,26,32)(H,30,31)/t15?,16?,17?,18-,19-/m0/s1. The quantitative estimate of drug-likeness (QED) is 0.504. The third-order valence-corrected chi connectivity index (χ3v) is 6.75. The summed E-state index contributed by atoms with van der Waals surface area (Å²) < 4.78 is 5.30. The molecule has 0 aromatic carbocycles. The average Bonchev–Trinajstić information content (AvgIpc) is 3.24. The minimum atomic E-state index is -0.923. The summed E-state index contributed by atoms with van der Waals surface area (Å²) in [5, 5.41) is 15.0. The van der Waals surface area contributed by atoms with Crippen LogP contribution >= 0.6 is 0 Å². The number of carbonyl (C=O) groups is 4. The van der Waals surface area contributed by atoms with Gasteiger partial charge < -0.3 is 25.4 Å². The number of ether oxygens (including phenoxy) is 1. The van der Waals surface area contributed by atoms with Crippen molar-refractivity contribution in [3.8, 4) is 0 Å². The Hall–Kier alpha value is -2.32. The van der Waals surface area contributed by atoms with E-state index in [4.69, 9.17) is 4.74 Å². The second kappa shape index (κ2) is 11.7. The molecule has 1 heterocycles. The van der Waals surface area contributed by atoms with E-state index < -0.39 is 29.7 Å². The Morgan fingerprint density at radius 3 is 2.27 bits per heavy atom. The van der Waals surface area contributed by atoms with Gasteiger partial charge >= 0.3 is 12.1 Å². The minimum absolute atomic E-state index is 0.0409. The maximum Gasteiger partial charge on any atom is 0.408 e. The fourth-order valence-electron chi connectivity index (χ4n) is 4.63. The number of nitrogens with zero attached hydrogens (tertiary/aromatic N) is 1. The maximum absolute atomic E-state index is 12.8. The number of alkyl carbamates (subject to hydrolysis) is 1. The van der Waals surface area contributed by atoms with Crippen molar-refractivity contribution in [2.75, 3.05) is 13.1 Å². The lowest BCUT2D eigenvalue weighted by atomic mass is 9.81. The predicted molar refractivity (Wildman–Crippen MR) is 123 cm³/mol. The van der Waals surface area contributed by atoms with Gasteiger partial charge in [-0.1, -0.05) is 20.3 Å². The van der Waals surface area contributed by atoms with Crippen molar-refractivity contribution < 1.29 is 29.0 Å². The summed E-state index contributed by atoms with van der Waals surface area (Å²) in [5.41, 5.74) is -0.643. The number of nitrogens with one attached hydrogen (secondary N) is 2. The molecule has 9 heteroatoms. The lowest BCUT2D eigenvalue weighted by Gasteiger charge is -2.32. The highest BCUT2D eigenvalue weighted by Gasteiger charge is 2.38. The van der Waals surface area contributed by atoms with E-state index in [2.05, 4.69) is 10.6 Å². The molecule has 33 heavy (non-hydrogen) atoms. The topological polar surface area (TPSA) is 125 Å². The van der Waals surface area contributed by atoms with E-state index in [-0.39, 0.29) is 29.6 Å². The first-order valence-corrected chi connectivity index (χ1v) is 12.2. The van der Waals surface area contributed by atoms with Crippen molar-refractivity contribution in [1.29, 1.82) is 0 Å². The van der Waals surface area contributed by atoms with E-state index in [1.165, 1.54) is 4.90 Å². The highest BCUT2D eigenvalue weighted by molar-refractivity contribution is 5.86. The van der Waals surface area contributed by atoms with Gasteiger partial charge in [-0.15, -0.1) is 0 Å². The molecule has 1 saturated heterocycles. The molecule has 1 saturated carbocycles. The third-order valence-electron chi connectivity index (χ3n) is 6.75. The number of carboxylic acids is 1. The molecule has 0 aromatic heterocycles. The molecule has 0 spiro atoms. The molecule has 2 rings (SSSR count). The van der Waals surface area contributed by atoms with E-state index in [0.29, 0.717) is 32.4 Å². The maximum atomic E-state index is 12.8. The molecule has 3 atom stereocenters. The fourth-order valence-corrected chi connectivity index (χ4v) is 4.63. The van der Waals surface area contributed by atoms with Crippen LogP contribution in [0.2, 0.25) is 0 Å². The van der Waals surface area contributed by atoms with Crippen molar-refractivity contribution in [3.63, 3.8) is 0 Å². The summed E-state index contributed by atoms with van der Waals surface area (Å²) in [7, 11) is 0. The van der Waals surface area contributed by atoms with Crippen LogP contribution in [0.3, 0.4) is 0 Å². The molecule has 0 aromatic rings. The SMILES string of the molecule is CCC(C)[C@H](NC(=O)OC(C)(C)C)C(=O)NCC1CCC(C(=O)N2CCC[C@H]2C(=O)O)CC1. The molecular weight excluding hydrogens is 426 g/mol. The van der Waals surface area contributed by atoms with Crippen LogP contribution in [0.15, 0.2) is 0 Å². The van der Waals surface area contributed by atoms with E-state index in [0.717, 1.165) is 25.7 Å². The highest BCUT2D eigenvalue weighted by Crippen LogP contribution is 2.32. The van der Waals surface area contributed by atoms with Gasteiger partial charge in [0.2, 0.25) is 11.8 Å². The number of carboxylic acid groups (broad SMARTS) is 1. The Morgan fingerprint density at radius 1 is 1.09 bits per heavy atom. The van der Waals surface area contributed by atoms with Gasteiger partial charge in [-0.25, -0.2) is 9.59 Å². The van der Waals surface area contributed by atoms with Gasteiger partial charge in [0, 0.05) is 19.0 Å². The third kappa shape index (κ3) is 7.89. The van der Waals surface area contributed by atoms with Gasteiger partial charge in [0.05, 0.1) is 0 Å². The summed E-state index contributed by atoms with van der Waals surface area (Å²) in [6.45, 7) is 10.2. The van der Waals surface area contributed by atoms with Gasteiger partial charge in [-0.2, -0.15) is 0 Å². The fraction of sp³-hybridized carbons (Fsp3) is 0.833. The molecule has 0 radical (unpaired) electrons. The first-order valence-electron chi connectivity index (χ1n) is 12.2. The Kier molecular flexibility index (Phi) is 9.55. The van der Waals surface area contributed by atoms with Gasteiger partial charge in [0.1, 0.15) is 17.7 Å². The van der Waals surface area contributed by atoms with E-state index >= 15 is 0 Å². The lowest BCUT2D eigenvalue weighted by molar-refractivity contribution is -0.150. The second-order valence-electron chi connectivity index (χ2n) is 10.5. The first kappa shape index (κ1) is 26.9. The van der Waals surface area contributed by atoms with Gasteiger partial charge in [0.15, 0.2) is 0 Å². The van der Waals surface area contributed by atoms with Gasteiger partial charge in [0.25, 0.3) is 0 Å². The molecule has 2 aliphatic rings. The van der Waals surface area contributed by atoms with Crippen molar-refractivity contribution in [2.45, 2.75) is 97.2 Å². The largest absolute Gasteiger partial charge is 0.480 e. The Bertz CT molecular complexity index is 711. The van der Waals surface area contributed by atoms with Crippen molar-refractivity contribution >= 4 is 23.9 Å². The zero-order valence-electron chi connectivity index (χ0n) is 20.7. The van der Waals surface area contributed by atoms with E-state index in [9.17, 15) is 24.3 Å². The van der Waals surface area contributed by atoms with Crippen LogP contribution in [0.5, 0.6) is 0 Å². The second-order valence-corrected chi connectivity index (χ2v) is 10.5. The molecule has 1 aliphatic heterocycles. The average molecular weight is 468 g/mol. The number of amides is 3. The molecule has 2 fully saturated rings. The van der Waals surface area contributed by atoms with Crippen LogP contribution in [-0.2, 0) is 19.1 Å². The van der Waals surface area contributed by atoms with Crippen LogP contribution in [-0.4, -0.2) is 64.7 Å². The summed E-state index contributed by atoms with van der Waals surface area (Å²) in [4.78, 5) is 50.8. The summed E-state index contributed by atoms with van der Waals surface area (Å²) in [6.07, 6.45) is 4.39.